The summed E-state index contributed by atoms with van der Waals surface area (Å²) in [6, 6.07) is 16.2. The van der Waals surface area contributed by atoms with Crippen LogP contribution in [0.4, 0.5) is 11.6 Å². The number of aromatic nitrogens is 3. The van der Waals surface area contributed by atoms with Crippen molar-refractivity contribution in [3.63, 3.8) is 0 Å². The molecule has 177 valence electrons. The van der Waals surface area contributed by atoms with Gasteiger partial charge in [-0.25, -0.2) is 0 Å². The van der Waals surface area contributed by atoms with E-state index in [4.69, 9.17) is 0 Å². The molecule has 0 fully saturated rings. The van der Waals surface area contributed by atoms with Gasteiger partial charge in [-0.15, -0.1) is 0 Å². The van der Waals surface area contributed by atoms with E-state index < -0.39 is 43.2 Å². The predicted molar refractivity (Wildman–Crippen MR) is 131 cm³/mol. The van der Waals surface area contributed by atoms with Crippen LogP contribution >= 0.6 is 0 Å². The maximum atomic E-state index is 13.2. The number of benzene rings is 2. The molecule has 0 aliphatic carbocycles. The van der Waals surface area contributed by atoms with Gasteiger partial charge in [-0.05, 0) is 0 Å². The summed E-state index contributed by atoms with van der Waals surface area (Å²) in [5, 5.41) is 11.1. The first-order valence-corrected chi connectivity index (χ1v) is 13.8. The fraction of sp³-hybridized carbons (Fsp3) is 0.0833. The molecule has 3 N–H and O–H groups in total. The van der Waals surface area contributed by atoms with E-state index in [-0.39, 0.29) is 9.47 Å². The average molecular weight is 551 g/mol. The van der Waals surface area contributed by atoms with Gasteiger partial charge in [0, 0.05) is 0 Å². The van der Waals surface area contributed by atoms with Gasteiger partial charge in [0.25, 0.3) is 0 Å². The molecule has 0 aliphatic rings. The second kappa shape index (κ2) is 10.7. The van der Waals surface area contributed by atoms with Gasteiger partial charge in [0.2, 0.25) is 0 Å². The molecule has 1 radical (unpaired) electrons. The molecular formula is C24H20AsN4O5S. The van der Waals surface area contributed by atoms with Crippen molar-refractivity contribution in [3.05, 3.63) is 96.6 Å². The molecule has 0 aliphatic heterocycles. The number of H-pyrrole nitrogens is 1. The van der Waals surface area contributed by atoms with Gasteiger partial charge in [0.15, 0.2) is 0 Å². The number of imidazole rings is 1. The number of aromatic amines is 1. The first-order chi connectivity index (χ1) is 16.8. The number of nitrogens with zero attached hydrogens (tertiary/aromatic N) is 2. The third-order valence-corrected chi connectivity index (χ3v) is 9.31. The summed E-state index contributed by atoms with van der Waals surface area (Å²) in [6.45, 7) is 0. The summed E-state index contributed by atoms with van der Waals surface area (Å²) in [5.74, 6) is -0.662. The Labute approximate surface area is 208 Å². The number of nitrogens with one attached hydrogen (secondary N) is 2. The quantitative estimate of drug-likeness (QED) is 0.256. The number of carboxylic acids is 1. The van der Waals surface area contributed by atoms with Crippen molar-refractivity contribution in [1.29, 1.82) is 0 Å². The van der Waals surface area contributed by atoms with Crippen molar-refractivity contribution < 1.29 is 23.1 Å². The normalized spacial score (nSPS) is 12.5. The van der Waals surface area contributed by atoms with Crippen molar-refractivity contribution >= 4 is 52.1 Å². The van der Waals surface area contributed by atoms with Crippen molar-refractivity contribution in [1.82, 2.24) is 15.0 Å². The van der Waals surface area contributed by atoms with Gasteiger partial charge in [-0.3, -0.25) is 0 Å². The van der Waals surface area contributed by atoms with Crippen LogP contribution in [0.15, 0.2) is 90.3 Å². The van der Waals surface area contributed by atoms with Crippen LogP contribution in [0.5, 0.6) is 0 Å². The van der Waals surface area contributed by atoms with E-state index >= 15 is 0 Å². The molecule has 4 rings (SSSR count). The monoisotopic (exact) mass is 551 g/mol. The van der Waals surface area contributed by atoms with E-state index in [1.807, 2.05) is 6.07 Å². The zero-order valence-corrected chi connectivity index (χ0v) is 20.9. The fourth-order valence-corrected chi connectivity index (χ4v) is 6.77. The number of carbonyl (C=O) groups is 2. The summed E-state index contributed by atoms with van der Waals surface area (Å²) in [4.78, 5) is 35.2. The summed E-state index contributed by atoms with van der Waals surface area (Å²) < 4.78 is 27.1. The SMILES string of the molecule is O=C(O)CC(c1cccnc1)S(=O)(=O)c1ccc([As]C(=O)c2cccc(Nc3ncc[nH]3)c2)cc1. The Morgan fingerprint density at radius 3 is 2.51 bits per heavy atom. The van der Waals surface area contributed by atoms with Crippen molar-refractivity contribution in [3.8, 4) is 0 Å². The van der Waals surface area contributed by atoms with E-state index in [1.165, 1.54) is 24.5 Å². The third kappa shape index (κ3) is 6.03. The molecule has 2 aromatic carbocycles. The van der Waals surface area contributed by atoms with Crippen LogP contribution in [-0.2, 0) is 14.6 Å². The topological polar surface area (TPSA) is 142 Å². The Morgan fingerprint density at radius 2 is 1.86 bits per heavy atom. The van der Waals surface area contributed by atoms with Crippen molar-refractivity contribution in [2.75, 3.05) is 5.32 Å². The first-order valence-electron chi connectivity index (χ1n) is 10.4. The minimum absolute atomic E-state index is 0.00496. The van der Waals surface area contributed by atoms with Crippen LogP contribution in [0.3, 0.4) is 0 Å². The summed E-state index contributed by atoms with van der Waals surface area (Å²) in [6.07, 6.45) is 5.57. The molecule has 0 amide bonds. The second-order valence-electron chi connectivity index (χ2n) is 7.47. The van der Waals surface area contributed by atoms with Gasteiger partial charge in [0.05, 0.1) is 0 Å². The first kappa shape index (κ1) is 24.4. The standard InChI is InChI=1S/C24H20AsN4O5S/c30-22(31)14-21(17-4-2-10-26-15-17)35(33,34)20-8-6-18(7-9-20)25-23(32)16-3-1-5-19(13-16)29-24-27-11-12-28-24/h1-13,15,21H,14H2,(H,30,31)(H2,27,28,29). The van der Waals surface area contributed by atoms with Gasteiger partial charge < -0.3 is 0 Å². The van der Waals surface area contributed by atoms with E-state index in [9.17, 15) is 23.1 Å². The van der Waals surface area contributed by atoms with Gasteiger partial charge in [0.1, 0.15) is 0 Å². The van der Waals surface area contributed by atoms with E-state index in [0.717, 1.165) is 4.35 Å². The number of sulfone groups is 1. The summed E-state index contributed by atoms with van der Waals surface area (Å²) in [7, 11) is -3.99. The Hall–Kier alpha value is -3.75. The van der Waals surface area contributed by atoms with Crippen LogP contribution in [-0.4, -0.2) is 54.8 Å². The van der Waals surface area contributed by atoms with Crippen LogP contribution < -0.4 is 9.67 Å². The number of hydrogen-bond donors (Lipinski definition) is 3. The van der Waals surface area contributed by atoms with E-state index in [2.05, 4.69) is 20.3 Å². The Bertz CT molecular complexity index is 1430. The van der Waals surface area contributed by atoms with Crippen LogP contribution in [0, 0.1) is 0 Å². The molecule has 0 saturated heterocycles. The molecule has 1 unspecified atom stereocenters. The summed E-state index contributed by atoms with van der Waals surface area (Å²) >= 11 is -0.919. The maximum absolute atomic E-state index is 13.2. The van der Waals surface area contributed by atoms with Gasteiger partial charge in [-0.1, -0.05) is 0 Å². The average Bonchev–Trinajstić information content (AvgIpc) is 3.36. The van der Waals surface area contributed by atoms with Gasteiger partial charge in [-0.2, -0.15) is 0 Å². The Kier molecular flexibility index (Phi) is 7.43. The van der Waals surface area contributed by atoms with Gasteiger partial charge >= 0.3 is 209 Å². The minimum atomic E-state index is -3.99. The number of rotatable bonds is 10. The number of hydrogen-bond acceptors (Lipinski definition) is 7. The van der Waals surface area contributed by atoms with E-state index in [1.54, 1.807) is 54.9 Å². The summed E-state index contributed by atoms with van der Waals surface area (Å²) in [5.41, 5.74) is 1.56. The van der Waals surface area contributed by atoms with Crippen molar-refractivity contribution in [2.45, 2.75) is 16.6 Å². The molecule has 0 spiro atoms. The second-order valence-corrected chi connectivity index (χ2v) is 12.0. The van der Waals surface area contributed by atoms with Crippen LogP contribution in [0.25, 0.3) is 0 Å². The molecule has 9 nitrogen and oxygen atoms in total. The van der Waals surface area contributed by atoms with Crippen LogP contribution in [0.2, 0.25) is 0 Å². The molecule has 4 aromatic rings. The molecule has 11 heteroatoms. The molecule has 2 aromatic heterocycles. The zero-order chi connectivity index (χ0) is 24.8. The fourth-order valence-electron chi connectivity index (χ4n) is 3.39. The van der Waals surface area contributed by atoms with Crippen molar-refractivity contribution in [2.24, 2.45) is 0 Å². The third-order valence-electron chi connectivity index (χ3n) is 5.06. The predicted octanol–water partition coefficient (Wildman–Crippen LogP) is 2.71. The molecule has 2 heterocycles. The van der Waals surface area contributed by atoms with E-state index in [0.29, 0.717) is 22.8 Å². The Morgan fingerprint density at radius 1 is 1.06 bits per heavy atom. The Balaban J connectivity index is 1.50. The molecular weight excluding hydrogens is 531 g/mol. The van der Waals surface area contributed by atoms with Crippen LogP contribution in [0.1, 0.15) is 27.6 Å². The number of anilines is 2. The number of pyridine rings is 1. The molecule has 0 saturated carbocycles. The molecule has 0 bridgehead atoms. The number of carboxylic acid groups (broad SMARTS) is 1. The zero-order valence-electron chi connectivity index (χ0n) is 18.2. The number of carbonyl (C=O) groups excluding carboxylic acids is 1. The molecule has 1 atom stereocenters. The molecule has 35 heavy (non-hydrogen) atoms. The number of aliphatic carboxylic acids is 1.